The SMILES string of the molecule is CCCNc1ncc([N+](=O)[O-])c(N2CCSCC2C)n1. The maximum absolute atomic E-state index is 11.2. The van der Waals surface area contributed by atoms with E-state index in [4.69, 9.17) is 0 Å². The highest BCUT2D eigenvalue weighted by Crippen LogP contribution is 2.30. The van der Waals surface area contributed by atoms with Crippen LogP contribution >= 0.6 is 11.8 Å². The normalized spacial score (nSPS) is 18.9. The first-order valence-electron chi connectivity index (χ1n) is 6.73. The van der Waals surface area contributed by atoms with Gasteiger partial charge in [0.05, 0.1) is 4.92 Å². The Balaban J connectivity index is 2.33. The van der Waals surface area contributed by atoms with Crippen LogP contribution in [0.25, 0.3) is 0 Å². The van der Waals surface area contributed by atoms with Crippen LogP contribution in [0.2, 0.25) is 0 Å². The number of nitrogens with one attached hydrogen (secondary N) is 1. The smallest absolute Gasteiger partial charge is 0.329 e. The van der Waals surface area contributed by atoms with E-state index < -0.39 is 4.92 Å². The number of aromatic nitrogens is 2. The number of nitro groups is 1. The minimum absolute atomic E-state index is 0.0224. The number of hydrogen-bond donors (Lipinski definition) is 1. The van der Waals surface area contributed by atoms with Crippen LogP contribution in [0.1, 0.15) is 20.3 Å². The van der Waals surface area contributed by atoms with Crippen molar-refractivity contribution in [2.24, 2.45) is 0 Å². The molecule has 8 heteroatoms. The summed E-state index contributed by atoms with van der Waals surface area (Å²) < 4.78 is 0. The van der Waals surface area contributed by atoms with Gasteiger partial charge in [0.1, 0.15) is 6.20 Å². The number of hydrogen-bond acceptors (Lipinski definition) is 7. The van der Waals surface area contributed by atoms with Gasteiger partial charge in [-0.2, -0.15) is 16.7 Å². The van der Waals surface area contributed by atoms with Gasteiger partial charge in [-0.05, 0) is 13.3 Å². The first-order chi connectivity index (χ1) is 9.63. The van der Waals surface area contributed by atoms with E-state index in [1.807, 2.05) is 23.6 Å². The second-order valence-electron chi connectivity index (χ2n) is 4.70. The van der Waals surface area contributed by atoms with Gasteiger partial charge < -0.3 is 10.2 Å². The molecule has 0 radical (unpaired) electrons. The Kier molecular flexibility index (Phi) is 4.99. The van der Waals surface area contributed by atoms with Crippen molar-refractivity contribution in [2.45, 2.75) is 26.3 Å². The summed E-state index contributed by atoms with van der Waals surface area (Å²) in [6.45, 7) is 5.64. The van der Waals surface area contributed by atoms with E-state index in [-0.39, 0.29) is 11.7 Å². The second-order valence-corrected chi connectivity index (χ2v) is 5.85. The summed E-state index contributed by atoms with van der Waals surface area (Å²) in [6, 6.07) is 0.237. The highest BCUT2D eigenvalue weighted by molar-refractivity contribution is 7.99. The molecule has 1 N–H and O–H groups in total. The van der Waals surface area contributed by atoms with Gasteiger partial charge in [0.2, 0.25) is 11.8 Å². The second kappa shape index (κ2) is 6.74. The lowest BCUT2D eigenvalue weighted by Crippen LogP contribution is -2.41. The Morgan fingerprint density at radius 3 is 3.10 bits per heavy atom. The van der Waals surface area contributed by atoms with Crippen molar-refractivity contribution in [3.05, 3.63) is 16.3 Å². The van der Waals surface area contributed by atoms with E-state index >= 15 is 0 Å². The molecular weight excluding hydrogens is 278 g/mol. The lowest BCUT2D eigenvalue weighted by molar-refractivity contribution is -0.384. The fourth-order valence-corrected chi connectivity index (χ4v) is 3.08. The molecule has 1 aliphatic rings. The van der Waals surface area contributed by atoms with Gasteiger partial charge in [-0.15, -0.1) is 0 Å². The van der Waals surface area contributed by atoms with E-state index in [2.05, 4.69) is 22.2 Å². The van der Waals surface area contributed by atoms with Crippen molar-refractivity contribution in [1.29, 1.82) is 0 Å². The molecule has 1 fully saturated rings. The highest BCUT2D eigenvalue weighted by atomic mass is 32.2. The van der Waals surface area contributed by atoms with Gasteiger partial charge in [-0.25, -0.2) is 4.98 Å². The van der Waals surface area contributed by atoms with Crippen LogP contribution in [0.15, 0.2) is 6.20 Å². The molecule has 1 saturated heterocycles. The lowest BCUT2D eigenvalue weighted by atomic mass is 10.3. The van der Waals surface area contributed by atoms with Crippen molar-refractivity contribution >= 4 is 29.2 Å². The van der Waals surface area contributed by atoms with Gasteiger partial charge in [-0.3, -0.25) is 10.1 Å². The van der Waals surface area contributed by atoms with Crippen LogP contribution < -0.4 is 10.2 Å². The molecule has 0 bridgehead atoms. The Morgan fingerprint density at radius 2 is 2.45 bits per heavy atom. The van der Waals surface area contributed by atoms with E-state index in [0.717, 1.165) is 31.0 Å². The summed E-state index contributed by atoms with van der Waals surface area (Å²) >= 11 is 1.86. The van der Waals surface area contributed by atoms with E-state index in [0.29, 0.717) is 11.8 Å². The molecular formula is C12H19N5O2S. The van der Waals surface area contributed by atoms with Crippen molar-refractivity contribution in [2.75, 3.05) is 34.8 Å². The minimum atomic E-state index is -0.409. The third-order valence-corrected chi connectivity index (χ3v) is 4.31. The average Bonchev–Trinajstić information content (AvgIpc) is 2.45. The summed E-state index contributed by atoms with van der Waals surface area (Å²) in [4.78, 5) is 21.1. The van der Waals surface area contributed by atoms with Crippen molar-refractivity contribution in [3.63, 3.8) is 0 Å². The molecule has 1 unspecified atom stereocenters. The van der Waals surface area contributed by atoms with E-state index in [1.54, 1.807) is 0 Å². The minimum Gasteiger partial charge on any atom is -0.354 e. The molecule has 0 aliphatic carbocycles. The molecule has 2 heterocycles. The monoisotopic (exact) mass is 297 g/mol. The zero-order chi connectivity index (χ0) is 14.5. The highest BCUT2D eigenvalue weighted by Gasteiger charge is 2.28. The molecule has 0 saturated carbocycles. The van der Waals surface area contributed by atoms with Gasteiger partial charge >= 0.3 is 5.69 Å². The van der Waals surface area contributed by atoms with Crippen molar-refractivity contribution in [3.8, 4) is 0 Å². The molecule has 0 aromatic carbocycles. The Bertz CT molecular complexity index is 485. The fraction of sp³-hybridized carbons (Fsp3) is 0.667. The zero-order valence-electron chi connectivity index (χ0n) is 11.7. The van der Waals surface area contributed by atoms with Crippen LogP contribution in [0.5, 0.6) is 0 Å². The summed E-state index contributed by atoms with van der Waals surface area (Å²) in [7, 11) is 0. The molecule has 7 nitrogen and oxygen atoms in total. The molecule has 20 heavy (non-hydrogen) atoms. The van der Waals surface area contributed by atoms with Gasteiger partial charge in [-0.1, -0.05) is 6.92 Å². The van der Waals surface area contributed by atoms with Gasteiger partial charge in [0.25, 0.3) is 0 Å². The third-order valence-electron chi connectivity index (χ3n) is 3.12. The Morgan fingerprint density at radius 1 is 1.65 bits per heavy atom. The maximum Gasteiger partial charge on any atom is 0.329 e. The van der Waals surface area contributed by atoms with Gasteiger partial charge in [0, 0.05) is 30.6 Å². The number of thioether (sulfide) groups is 1. The van der Waals surface area contributed by atoms with Gasteiger partial charge in [0.15, 0.2) is 0 Å². The number of anilines is 2. The zero-order valence-corrected chi connectivity index (χ0v) is 12.5. The molecule has 0 spiro atoms. The Labute approximate surface area is 122 Å². The number of nitrogens with zero attached hydrogens (tertiary/aromatic N) is 4. The molecule has 110 valence electrons. The molecule has 1 aliphatic heterocycles. The largest absolute Gasteiger partial charge is 0.354 e. The van der Waals surface area contributed by atoms with Crippen molar-refractivity contribution in [1.82, 2.24) is 9.97 Å². The topological polar surface area (TPSA) is 84.2 Å². The van der Waals surface area contributed by atoms with Crippen LogP contribution in [-0.4, -0.2) is 45.5 Å². The lowest BCUT2D eigenvalue weighted by Gasteiger charge is -2.33. The van der Waals surface area contributed by atoms with Crippen LogP contribution in [0.4, 0.5) is 17.5 Å². The fourth-order valence-electron chi connectivity index (χ4n) is 2.07. The van der Waals surface area contributed by atoms with E-state index in [9.17, 15) is 10.1 Å². The maximum atomic E-state index is 11.2. The van der Waals surface area contributed by atoms with Crippen molar-refractivity contribution < 1.29 is 4.92 Å². The molecule has 1 aromatic heterocycles. The summed E-state index contributed by atoms with van der Waals surface area (Å²) in [6.07, 6.45) is 2.25. The standard InChI is InChI=1S/C12H19N5O2S/c1-3-4-13-12-14-7-10(17(18)19)11(15-12)16-5-6-20-8-9(16)2/h7,9H,3-6,8H2,1-2H3,(H,13,14,15). The molecule has 2 rings (SSSR count). The predicted octanol–water partition coefficient (Wildman–Crippen LogP) is 2.15. The summed E-state index contributed by atoms with van der Waals surface area (Å²) in [5.74, 6) is 2.80. The molecule has 1 atom stereocenters. The van der Waals surface area contributed by atoms with Crippen LogP contribution in [0, 0.1) is 10.1 Å². The quantitative estimate of drug-likeness (QED) is 0.658. The molecule has 0 amide bonds. The summed E-state index contributed by atoms with van der Waals surface area (Å²) in [5, 5.41) is 14.2. The molecule has 1 aromatic rings. The number of rotatable bonds is 5. The third kappa shape index (κ3) is 3.30. The first kappa shape index (κ1) is 14.8. The van der Waals surface area contributed by atoms with E-state index in [1.165, 1.54) is 6.20 Å². The predicted molar refractivity (Wildman–Crippen MR) is 81.6 cm³/mol. The van der Waals surface area contributed by atoms with Crippen LogP contribution in [-0.2, 0) is 0 Å². The average molecular weight is 297 g/mol. The van der Waals surface area contributed by atoms with Crippen LogP contribution in [0.3, 0.4) is 0 Å². The summed E-state index contributed by atoms with van der Waals surface area (Å²) in [5.41, 5.74) is -0.0224. The first-order valence-corrected chi connectivity index (χ1v) is 7.88. The Hall–Kier alpha value is -1.57.